The Bertz CT molecular complexity index is 419. The van der Waals surface area contributed by atoms with Crippen LogP contribution in [0, 0.1) is 0 Å². The van der Waals surface area contributed by atoms with Crippen LogP contribution in [0.25, 0.3) is 0 Å². The third-order valence-corrected chi connectivity index (χ3v) is 3.41. The minimum absolute atomic E-state index is 0.636. The Morgan fingerprint density at radius 2 is 2.06 bits per heavy atom. The molecule has 0 spiro atoms. The van der Waals surface area contributed by atoms with Gasteiger partial charge in [-0.05, 0) is 48.7 Å². The molecule has 6 heteroatoms. The van der Waals surface area contributed by atoms with Gasteiger partial charge in [-0.2, -0.15) is 0 Å². The standard InChI is InChI=1S/C10H10BrN3S2/c11-7-1-3-8(4-2-7)13-10(16)14-6-5-12-9(14)15/h1-4H,5-6H2,(H,12,15)(H,13,16). The summed E-state index contributed by atoms with van der Waals surface area (Å²) in [5.41, 5.74) is 0.961. The summed E-state index contributed by atoms with van der Waals surface area (Å²) < 4.78 is 1.04. The molecule has 2 rings (SSSR count). The highest BCUT2D eigenvalue weighted by Gasteiger charge is 2.19. The second kappa shape index (κ2) is 5.07. The van der Waals surface area contributed by atoms with E-state index in [0.717, 1.165) is 23.2 Å². The molecule has 0 saturated carbocycles. The number of nitrogens with zero attached hydrogens (tertiary/aromatic N) is 1. The highest BCUT2D eigenvalue weighted by molar-refractivity contribution is 9.10. The summed E-state index contributed by atoms with van der Waals surface area (Å²) in [6.45, 7) is 1.67. The largest absolute Gasteiger partial charge is 0.360 e. The van der Waals surface area contributed by atoms with Gasteiger partial charge in [-0.25, -0.2) is 0 Å². The van der Waals surface area contributed by atoms with E-state index in [9.17, 15) is 0 Å². The van der Waals surface area contributed by atoms with Crippen molar-refractivity contribution in [3.05, 3.63) is 28.7 Å². The summed E-state index contributed by atoms with van der Waals surface area (Å²) in [6, 6.07) is 7.85. The molecule has 3 nitrogen and oxygen atoms in total. The van der Waals surface area contributed by atoms with Gasteiger partial charge in [0.05, 0.1) is 0 Å². The molecule has 1 heterocycles. The van der Waals surface area contributed by atoms with Crippen molar-refractivity contribution in [3.63, 3.8) is 0 Å². The molecule has 0 aliphatic carbocycles. The summed E-state index contributed by atoms with van der Waals surface area (Å²) >= 11 is 13.8. The van der Waals surface area contributed by atoms with Crippen molar-refractivity contribution in [2.24, 2.45) is 0 Å². The van der Waals surface area contributed by atoms with Gasteiger partial charge >= 0.3 is 0 Å². The van der Waals surface area contributed by atoms with E-state index in [0.29, 0.717) is 10.2 Å². The SMILES string of the molecule is S=C1NCCN1C(=S)Nc1ccc(Br)cc1. The van der Waals surface area contributed by atoms with Crippen molar-refractivity contribution in [3.8, 4) is 0 Å². The molecule has 16 heavy (non-hydrogen) atoms. The number of hydrogen-bond donors (Lipinski definition) is 2. The molecule has 0 aromatic heterocycles. The minimum Gasteiger partial charge on any atom is -0.360 e. The third kappa shape index (κ3) is 2.69. The lowest BCUT2D eigenvalue weighted by molar-refractivity contribution is 0.693. The molecular formula is C10H10BrN3S2. The molecule has 1 aliphatic rings. The number of nitrogens with one attached hydrogen (secondary N) is 2. The normalized spacial score (nSPS) is 14.8. The maximum absolute atomic E-state index is 5.28. The van der Waals surface area contributed by atoms with Gasteiger partial charge in [0, 0.05) is 23.2 Å². The zero-order valence-corrected chi connectivity index (χ0v) is 11.6. The molecule has 0 atom stereocenters. The molecule has 84 valence electrons. The summed E-state index contributed by atoms with van der Waals surface area (Å²) in [5.74, 6) is 0. The average Bonchev–Trinajstić information content (AvgIpc) is 2.68. The van der Waals surface area contributed by atoms with Crippen LogP contribution in [0.1, 0.15) is 0 Å². The van der Waals surface area contributed by atoms with Crippen LogP contribution in [-0.2, 0) is 0 Å². The van der Waals surface area contributed by atoms with Crippen LogP contribution in [0.4, 0.5) is 5.69 Å². The van der Waals surface area contributed by atoms with Gasteiger partial charge in [0.15, 0.2) is 10.2 Å². The number of thiocarbonyl (C=S) groups is 2. The first kappa shape index (κ1) is 11.8. The van der Waals surface area contributed by atoms with Gasteiger partial charge in [-0.1, -0.05) is 15.9 Å². The molecule has 1 aromatic rings. The topological polar surface area (TPSA) is 27.3 Å². The number of rotatable bonds is 1. The van der Waals surface area contributed by atoms with Gasteiger partial charge in [0.25, 0.3) is 0 Å². The maximum Gasteiger partial charge on any atom is 0.179 e. The second-order valence-corrected chi connectivity index (χ2v) is 5.01. The van der Waals surface area contributed by atoms with Crippen molar-refractivity contribution in [1.82, 2.24) is 10.2 Å². The highest BCUT2D eigenvalue weighted by atomic mass is 79.9. The van der Waals surface area contributed by atoms with Gasteiger partial charge in [-0.15, -0.1) is 0 Å². The van der Waals surface area contributed by atoms with Crippen molar-refractivity contribution in [1.29, 1.82) is 0 Å². The van der Waals surface area contributed by atoms with Crippen LogP contribution >= 0.6 is 40.4 Å². The van der Waals surface area contributed by atoms with E-state index in [-0.39, 0.29) is 0 Å². The van der Waals surface area contributed by atoms with Crippen LogP contribution < -0.4 is 10.6 Å². The van der Waals surface area contributed by atoms with Crippen LogP contribution in [0.15, 0.2) is 28.7 Å². The summed E-state index contributed by atoms with van der Waals surface area (Å²) in [5, 5.41) is 7.54. The lowest BCUT2D eigenvalue weighted by Crippen LogP contribution is -2.37. The fourth-order valence-electron chi connectivity index (χ4n) is 1.39. The van der Waals surface area contributed by atoms with Crippen LogP contribution in [-0.4, -0.2) is 28.2 Å². The zero-order chi connectivity index (χ0) is 11.5. The predicted octanol–water partition coefficient (Wildman–Crippen LogP) is 2.34. The van der Waals surface area contributed by atoms with E-state index in [1.807, 2.05) is 29.2 Å². The Hall–Kier alpha value is -0.720. The summed E-state index contributed by atoms with van der Waals surface area (Å²) in [6.07, 6.45) is 0. The maximum atomic E-state index is 5.28. The van der Waals surface area contributed by atoms with E-state index >= 15 is 0 Å². The minimum atomic E-state index is 0.636. The quantitative estimate of drug-likeness (QED) is 0.776. The fraction of sp³-hybridized carbons (Fsp3) is 0.200. The van der Waals surface area contributed by atoms with Crippen molar-refractivity contribution < 1.29 is 0 Å². The molecule has 0 bridgehead atoms. The lowest BCUT2D eigenvalue weighted by Gasteiger charge is -2.18. The van der Waals surface area contributed by atoms with Crippen molar-refractivity contribution >= 4 is 56.3 Å². The first-order valence-corrected chi connectivity index (χ1v) is 6.40. The van der Waals surface area contributed by atoms with Crippen LogP contribution in [0.5, 0.6) is 0 Å². The Balaban J connectivity index is 2.02. The van der Waals surface area contributed by atoms with Gasteiger partial charge in [0.2, 0.25) is 0 Å². The second-order valence-electron chi connectivity index (χ2n) is 3.32. The molecule has 2 N–H and O–H groups in total. The summed E-state index contributed by atoms with van der Waals surface area (Å²) in [4.78, 5) is 1.88. The summed E-state index contributed by atoms with van der Waals surface area (Å²) in [7, 11) is 0. The monoisotopic (exact) mass is 315 g/mol. The predicted molar refractivity (Wildman–Crippen MR) is 77.7 cm³/mol. The van der Waals surface area contributed by atoms with Crippen molar-refractivity contribution in [2.45, 2.75) is 0 Å². The molecule has 1 aliphatic heterocycles. The highest BCUT2D eigenvalue weighted by Crippen LogP contribution is 2.15. The average molecular weight is 316 g/mol. The number of anilines is 1. The van der Waals surface area contributed by atoms with E-state index in [1.165, 1.54) is 0 Å². The first-order chi connectivity index (χ1) is 7.66. The zero-order valence-electron chi connectivity index (χ0n) is 8.37. The van der Waals surface area contributed by atoms with Gasteiger partial charge < -0.3 is 10.6 Å². The molecule has 1 saturated heterocycles. The van der Waals surface area contributed by atoms with E-state index in [4.69, 9.17) is 24.4 Å². The fourth-order valence-corrected chi connectivity index (χ4v) is 2.30. The third-order valence-electron chi connectivity index (χ3n) is 2.20. The number of hydrogen-bond acceptors (Lipinski definition) is 2. The van der Waals surface area contributed by atoms with E-state index in [2.05, 4.69) is 26.6 Å². The molecule has 0 radical (unpaired) electrons. The molecular weight excluding hydrogens is 306 g/mol. The van der Waals surface area contributed by atoms with Crippen LogP contribution in [0.2, 0.25) is 0 Å². The van der Waals surface area contributed by atoms with Gasteiger partial charge in [-0.3, -0.25) is 4.90 Å². The van der Waals surface area contributed by atoms with Crippen molar-refractivity contribution in [2.75, 3.05) is 18.4 Å². The molecule has 1 fully saturated rings. The van der Waals surface area contributed by atoms with E-state index in [1.54, 1.807) is 0 Å². The Kier molecular flexibility index (Phi) is 3.73. The number of benzene rings is 1. The smallest absolute Gasteiger partial charge is 0.179 e. The Labute approximate surface area is 113 Å². The molecule has 0 unspecified atom stereocenters. The van der Waals surface area contributed by atoms with E-state index < -0.39 is 0 Å². The molecule has 0 amide bonds. The lowest BCUT2D eigenvalue weighted by atomic mass is 10.3. The Morgan fingerprint density at radius 1 is 1.38 bits per heavy atom. The Morgan fingerprint density at radius 3 is 2.62 bits per heavy atom. The van der Waals surface area contributed by atoms with Gasteiger partial charge in [0.1, 0.15) is 0 Å². The number of halogens is 1. The molecule has 1 aromatic carbocycles. The first-order valence-electron chi connectivity index (χ1n) is 4.79. The van der Waals surface area contributed by atoms with Crippen LogP contribution in [0.3, 0.4) is 0 Å².